The number of hydrogen-bond acceptors (Lipinski definition) is 5. The Kier molecular flexibility index (Phi) is 6.16. The van der Waals surface area contributed by atoms with E-state index in [-0.39, 0.29) is 35.6 Å². The number of carbonyl (C=O) groups excluding carboxylic acids is 1. The van der Waals surface area contributed by atoms with E-state index in [4.69, 9.17) is 0 Å². The van der Waals surface area contributed by atoms with E-state index in [1.54, 1.807) is 24.3 Å². The van der Waals surface area contributed by atoms with Gasteiger partial charge in [-0.2, -0.15) is 9.67 Å². The van der Waals surface area contributed by atoms with E-state index in [0.29, 0.717) is 6.54 Å². The number of halogens is 3. The molecule has 6 nitrogen and oxygen atoms in total. The third kappa shape index (κ3) is 5.12. The Morgan fingerprint density at radius 1 is 0.719 bits per heavy atom. The van der Waals surface area contributed by atoms with Crippen molar-refractivity contribution >= 4 is 17.8 Å². The predicted molar refractivity (Wildman–Crippen MR) is 114 cm³/mol. The summed E-state index contributed by atoms with van der Waals surface area (Å²) < 4.78 is 40.5. The third-order valence-electron chi connectivity index (χ3n) is 4.62. The zero-order chi connectivity index (χ0) is 22.5. The Hall–Kier alpha value is -4.14. The first kappa shape index (κ1) is 21.1. The van der Waals surface area contributed by atoms with Gasteiger partial charge in [0.25, 0.3) is 5.91 Å². The van der Waals surface area contributed by atoms with Crippen LogP contribution in [0.3, 0.4) is 0 Å². The van der Waals surface area contributed by atoms with E-state index >= 15 is 0 Å². The van der Waals surface area contributed by atoms with Crippen molar-refractivity contribution in [3.05, 3.63) is 107 Å². The standard InChI is InChI=1S/C23H18F3N5O/c24-18-7-1-15(2-8-18)13-27-22-29-23(28-14-16-3-9-19(25)10-4-16)31(30-22)21(32)17-5-11-20(26)12-6-17/h1-12H,13-14H2,(H2,27,28,29,30). The maximum atomic E-state index is 13.2. The number of nitrogens with zero attached hydrogens (tertiary/aromatic N) is 3. The fraction of sp³-hybridized carbons (Fsp3) is 0.0870. The third-order valence-corrected chi connectivity index (χ3v) is 4.62. The van der Waals surface area contributed by atoms with E-state index in [2.05, 4.69) is 20.7 Å². The molecule has 0 aliphatic heterocycles. The first-order valence-corrected chi connectivity index (χ1v) is 9.72. The Labute approximate surface area is 181 Å². The Bertz CT molecular complexity index is 1210. The molecule has 0 unspecified atom stereocenters. The summed E-state index contributed by atoms with van der Waals surface area (Å²) in [5.41, 5.74) is 1.80. The monoisotopic (exact) mass is 437 g/mol. The number of rotatable bonds is 7. The molecule has 4 rings (SSSR count). The van der Waals surface area contributed by atoms with Crippen molar-refractivity contribution in [3.63, 3.8) is 0 Å². The van der Waals surface area contributed by atoms with Crippen LogP contribution in [0.25, 0.3) is 0 Å². The van der Waals surface area contributed by atoms with Crippen molar-refractivity contribution in [1.29, 1.82) is 0 Å². The Morgan fingerprint density at radius 2 is 1.19 bits per heavy atom. The van der Waals surface area contributed by atoms with Gasteiger partial charge in [0.05, 0.1) is 0 Å². The Morgan fingerprint density at radius 3 is 1.72 bits per heavy atom. The first-order chi connectivity index (χ1) is 15.5. The number of nitrogens with one attached hydrogen (secondary N) is 2. The highest BCUT2D eigenvalue weighted by Gasteiger charge is 2.18. The summed E-state index contributed by atoms with van der Waals surface area (Å²) >= 11 is 0. The zero-order valence-electron chi connectivity index (χ0n) is 16.7. The number of hydrogen-bond donors (Lipinski definition) is 2. The van der Waals surface area contributed by atoms with Crippen LogP contribution in [0.4, 0.5) is 25.1 Å². The van der Waals surface area contributed by atoms with Crippen LogP contribution in [0.1, 0.15) is 21.5 Å². The lowest BCUT2D eigenvalue weighted by molar-refractivity contribution is 0.0947. The quantitative estimate of drug-likeness (QED) is 0.442. The van der Waals surface area contributed by atoms with Gasteiger partial charge in [-0.3, -0.25) is 4.79 Å². The van der Waals surface area contributed by atoms with Crippen molar-refractivity contribution in [3.8, 4) is 0 Å². The van der Waals surface area contributed by atoms with Crippen LogP contribution >= 0.6 is 0 Å². The zero-order valence-corrected chi connectivity index (χ0v) is 16.7. The van der Waals surface area contributed by atoms with E-state index in [1.165, 1.54) is 48.5 Å². The van der Waals surface area contributed by atoms with Crippen molar-refractivity contribution < 1.29 is 18.0 Å². The molecule has 0 amide bonds. The average Bonchev–Trinajstić information content (AvgIpc) is 3.21. The average molecular weight is 437 g/mol. The number of benzene rings is 3. The second kappa shape index (κ2) is 9.34. The van der Waals surface area contributed by atoms with Gasteiger partial charge in [0.1, 0.15) is 17.5 Å². The first-order valence-electron chi connectivity index (χ1n) is 9.72. The van der Waals surface area contributed by atoms with Crippen LogP contribution in [0, 0.1) is 17.5 Å². The molecule has 0 bridgehead atoms. The van der Waals surface area contributed by atoms with Crippen molar-refractivity contribution in [1.82, 2.24) is 14.8 Å². The summed E-state index contributed by atoms with van der Waals surface area (Å²) in [4.78, 5) is 17.3. The highest BCUT2D eigenvalue weighted by Crippen LogP contribution is 2.15. The number of anilines is 2. The van der Waals surface area contributed by atoms with Gasteiger partial charge >= 0.3 is 0 Å². The van der Waals surface area contributed by atoms with Crippen LogP contribution in [-0.4, -0.2) is 20.7 Å². The largest absolute Gasteiger partial charge is 0.350 e. The lowest BCUT2D eigenvalue weighted by Gasteiger charge is -2.07. The van der Waals surface area contributed by atoms with Gasteiger partial charge in [-0.05, 0) is 59.7 Å². The molecule has 3 aromatic carbocycles. The van der Waals surface area contributed by atoms with Gasteiger partial charge in [0.2, 0.25) is 11.9 Å². The molecule has 32 heavy (non-hydrogen) atoms. The van der Waals surface area contributed by atoms with E-state index in [0.717, 1.165) is 15.8 Å². The molecule has 0 saturated carbocycles. The van der Waals surface area contributed by atoms with Crippen LogP contribution in [0.5, 0.6) is 0 Å². The molecule has 1 heterocycles. The van der Waals surface area contributed by atoms with Crippen molar-refractivity contribution in [2.75, 3.05) is 10.6 Å². The molecule has 1 aromatic heterocycles. The lowest BCUT2D eigenvalue weighted by atomic mass is 10.2. The van der Waals surface area contributed by atoms with E-state index in [1.807, 2.05) is 0 Å². The van der Waals surface area contributed by atoms with Gasteiger partial charge < -0.3 is 10.6 Å². The molecule has 0 aliphatic rings. The Balaban J connectivity index is 1.56. The fourth-order valence-corrected chi connectivity index (χ4v) is 2.92. The molecule has 0 aliphatic carbocycles. The summed E-state index contributed by atoms with van der Waals surface area (Å²) in [6.07, 6.45) is 0. The van der Waals surface area contributed by atoms with Gasteiger partial charge in [-0.1, -0.05) is 24.3 Å². The van der Waals surface area contributed by atoms with Crippen LogP contribution < -0.4 is 10.6 Å². The van der Waals surface area contributed by atoms with E-state index < -0.39 is 11.7 Å². The minimum atomic E-state index is -0.506. The molecular formula is C23H18F3N5O. The molecule has 0 radical (unpaired) electrons. The summed E-state index contributed by atoms with van der Waals surface area (Å²) in [6, 6.07) is 16.9. The fourth-order valence-electron chi connectivity index (χ4n) is 2.92. The predicted octanol–water partition coefficient (Wildman–Crippen LogP) is 4.61. The summed E-state index contributed by atoms with van der Waals surface area (Å²) in [6.45, 7) is 0.583. The topological polar surface area (TPSA) is 71.8 Å². The molecule has 4 aromatic rings. The number of aromatic nitrogens is 3. The minimum Gasteiger partial charge on any atom is -0.350 e. The normalized spacial score (nSPS) is 10.7. The molecular weight excluding hydrogens is 419 g/mol. The summed E-state index contributed by atoms with van der Waals surface area (Å²) in [7, 11) is 0. The SMILES string of the molecule is O=C(c1ccc(F)cc1)n1nc(NCc2ccc(F)cc2)nc1NCc1ccc(F)cc1. The maximum absolute atomic E-state index is 13.2. The van der Waals surface area contributed by atoms with Gasteiger partial charge in [-0.25, -0.2) is 13.2 Å². The van der Waals surface area contributed by atoms with Crippen molar-refractivity contribution in [2.45, 2.75) is 13.1 Å². The second-order valence-electron chi connectivity index (χ2n) is 6.94. The van der Waals surface area contributed by atoms with Crippen molar-refractivity contribution in [2.24, 2.45) is 0 Å². The minimum absolute atomic E-state index is 0.158. The smallest absolute Gasteiger partial charge is 0.281 e. The lowest BCUT2D eigenvalue weighted by Crippen LogP contribution is -2.17. The molecule has 0 spiro atoms. The highest BCUT2D eigenvalue weighted by molar-refractivity contribution is 5.97. The second-order valence-corrected chi connectivity index (χ2v) is 6.94. The maximum Gasteiger partial charge on any atom is 0.281 e. The van der Waals surface area contributed by atoms with Gasteiger partial charge in [0, 0.05) is 18.7 Å². The van der Waals surface area contributed by atoms with Crippen LogP contribution in [0.15, 0.2) is 72.8 Å². The molecule has 0 saturated heterocycles. The highest BCUT2D eigenvalue weighted by atomic mass is 19.1. The molecule has 0 fully saturated rings. The molecule has 9 heteroatoms. The van der Waals surface area contributed by atoms with Crippen LogP contribution in [-0.2, 0) is 13.1 Å². The van der Waals surface area contributed by atoms with E-state index in [9.17, 15) is 18.0 Å². The van der Waals surface area contributed by atoms with Gasteiger partial charge in [-0.15, -0.1) is 5.10 Å². The molecule has 0 atom stereocenters. The van der Waals surface area contributed by atoms with Crippen LogP contribution in [0.2, 0.25) is 0 Å². The summed E-state index contributed by atoms with van der Waals surface area (Å²) in [5.74, 6) is -1.33. The number of carbonyl (C=O) groups is 1. The molecule has 2 N–H and O–H groups in total. The van der Waals surface area contributed by atoms with Gasteiger partial charge in [0.15, 0.2) is 0 Å². The summed E-state index contributed by atoms with van der Waals surface area (Å²) in [5, 5.41) is 10.2. The molecule has 162 valence electrons.